The fourth-order valence-electron chi connectivity index (χ4n) is 1.01. The Balaban J connectivity index is 2.36. The average Bonchev–Trinajstić information content (AvgIpc) is 2.67. The molecule has 0 bridgehead atoms. The van der Waals surface area contributed by atoms with Crippen LogP contribution in [0.5, 0.6) is 0 Å². The summed E-state index contributed by atoms with van der Waals surface area (Å²) in [6.07, 6.45) is 1.76. The Morgan fingerprint density at radius 3 is 2.92 bits per heavy atom. The van der Waals surface area contributed by atoms with Gasteiger partial charge in [-0.2, -0.15) is 0 Å². The number of rotatable bonds is 2. The van der Waals surface area contributed by atoms with Crippen molar-refractivity contribution in [3.63, 3.8) is 0 Å². The van der Waals surface area contributed by atoms with Crippen LogP contribution in [-0.4, -0.2) is 9.97 Å². The summed E-state index contributed by atoms with van der Waals surface area (Å²) in [6, 6.07) is 5.78. The molecule has 0 fully saturated rings. The molecule has 4 heteroatoms. The molecule has 2 aromatic rings. The zero-order valence-electron chi connectivity index (χ0n) is 6.97. The van der Waals surface area contributed by atoms with E-state index in [0.29, 0.717) is 6.54 Å². The number of hydrogen-bond donors (Lipinski definition) is 1. The van der Waals surface area contributed by atoms with Gasteiger partial charge in [-0.25, -0.2) is 4.98 Å². The molecule has 0 saturated carbocycles. The van der Waals surface area contributed by atoms with Crippen molar-refractivity contribution in [2.45, 2.75) is 6.54 Å². The van der Waals surface area contributed by atoms with Gasteiger partial charge in [0.2, 0.25) is 0 Å². The molecule has 2 aromatic heterocycles. The van der Waals surface area contributed by atoms with E-state index in [1.54, 1.807) is 17.5 Å². The number of nitrogens with zero attached hydrogens (tertiary/aromatic N) is 2. The lowest BCUT2D eigenvalue weighted by atomic mass is 10.4. The quantitative estimate of drug-likeness (QED) is 0.785. The summed E-state index contributed by atoms with van der Waals surface area (Å²) in [4.78, 5) is 8.53. The molecular formula is C9H9N3S. The Labute approximate surface area is 80.3 Å². The van der Waals surface area contributed by atoms with Gasteiger partial charge in [0.05, 0.1) is 11.4 Å². The molecule has 0 spiro atoms. The van der Waals surface area contributed by atoms with E-state index in [1.165, 1.54) is 0 Å². The predicted molar refractivity (Wildman–Crippen MR) is 53.2 cm³/mol. The highest BCUT2D eigenvalue weighted by Crippen LogP contribution is 2.20. The van der Waals surface area contributed by atoms with Crippen molar-refractivity contribution in [3.05, 3.63) is 35.5 Å². The van der Waals surface area contributed by atoms with Crippen LogP contribution in [-0.2, 0) is 6.54 Å². The molecule has 0 aliphatic heterocycles. The highest BCUT2D eigenvalue weighted by Gasteiger charge is 2.03. The van der Waals surface area contributed by atoms with E-state index in [9.17, 15) is 0 Å². The van der Waals surface area contributed by atoms with Gasteiger partial charge in [0, 0.05) is 18.1 Å². The molecule has 0 atom stereocenters. The largest absolute Gasteiger partial charge is 0.325 e. The number of pyridine rings is 1. The Kier molecular flexibility index (Phi) is 2.33. The maximum absolute atomic E-state index is 5.46. The van der Waals surface area contributed by atoms with Gasteiger partial charge in [-0.15, -0.1) is 11.3 Å². The first-order valence-corrected chi connectivity index (χ1v) is 4.84. The minimum absolute atomic E-state index is 0.489. The molecular weight excluding hydrogens is 182 g/mol. The minimum Gasteiger partial charge on any atom is -0.325 e. The summed E-state index contributed by atoms with van der Waals surface area (Å²) in [7, 11) is 0. The van der Waals surface area contributed by atoms with E-state index < -0.39 is 0 Å². The second-order valence-electron chi connectivity index (χ2n) is 2.56. The van der Waals surface area contributed by atoms with Crippen LogP contribution in [0.2, 0.25) is 0 Å². The van der Waals surface area contributed by atoms with E-state index >= 15 is 0 Å². The average molecular weight is 191 g/mol. The van der Waals surface area contributed by atoms with Crippen LogP contribution in [0.1, 0.15) is 5.69 Å². The molecule has 2 N–H and O–H groups in total. The molecule has 0 aromatic carbocycles. The van der Waals surface area contributed by atoms with Crippen molar-refractivity contribution in [1.29, 1.82) is 0 Å². The molecule has 0 radical (unpaired) electrons. The Morgan fingerprint density at radius 1 is 1.38 bits per heavy atom. The van der Waals surface area contributed by atoms with Gasteiger partial charge in [0.25, 0.3) is 0 Å². The summed E-state index contributed by atoms with van der Waals surface area (Å²) in [5.41, 5.74) is 7.30. The van der Waals surface area contributed by atoms with Gasteiger partial charge >= 0.3 is 0 Å². The smallest absolute Gasteiger partial charge is 0.142 e. The summed E-state index contributed by atoms with van der Waals surface area (Å²) in [5.74, 6) is 0. The molecule has 2 heterocycles. The topological polar surface area (TPSA) is 51.8 Å². The molecule has 13 heavy (non-hydrogen) atoms. The van der Waals surface area contributed by atoms with Crippen LogP contribution in [0.4, 0.5) is 0 Å². The summed E-state index contributed by atoms with van der Waals surface area (Å²) < 4.78 is 0. The van der Waals surface area contributed by atoms with Crippen molar-refractivity contribution >= 4 is 11.3 Å². The first-order valence-electron chi connectivity index (χ1n) is 3.96. The predicted octanol–water partition coefficient (Wildman–Crippen LogP) is 1.66. The standard InChI is InChI=1S/C9H9N3S/c10-5-7-6-13-9(12-7)8-3-1-2-4-11-8/h1-4,6H,5,10H2. The van der Waals surface area contributed by atoms with Gasteiger partial charge in [0.1, 0.15) is 5.01 Å². The van der Waals surface area contributed by atoms with E-state index in [0.717, 1.165) is 16.4 Å². The number of hydrogen-bond acceptors (Lipinski definition) is 4. The molecule has 0 aliphatic carbocycles. The lowest BCUT2D eigenvalue weighted by molar-refractivity contribution is 1.01. The number of thiazole rings is 1. The van der Waals surface area contributed by atoms with Crippen molar-refractivity contribution in [3.8, 4) is 10.7 Å². The zero-order valence-corrected chi connectivity index (χ0v) is 7.79. The molecule has 66 valence electrons. The van der Waals surface area contributed by atoms with Crippen molar-refractivity contribution in [1.82, 2.24) is 9.97 Å². The summed E-state index contributed by atoms with van der Waals surface area (Å²) >= 11 is 1.57. The highest BCUT2D eigenvalue weighted by atomic mass is 32.1. The zero-order chi connectivity index (χ0) is 9.10. The van der Waals surface area contributed by atoms with Crippen molar-refractivity contribution in [2.24, 2.45) is 5.73 Å². The fourth-order valence-corrected chi connectivity index (χ4v) is 1.82. The Hall–Kier alpha value is -1.26. The molecule has 0 saturated heterocycles. The van der Waals surface area contributed by atoms with E-state index in [-0.39, 0.29) is 0 Å². The van der Waals surface area contributed by atoms with Crippen LogP contribution >= 0.6 is 11.3 Å². The van der Waals surface area contributed by atoms with Crippen molar-refractivity contribution < 1.29 is 0 Å². The van der Waals surface area contributed by atoms with Gasteiger partial charge < -0.3 is 5.73 Å². The molecule has 0 unspecified atom stereocenters. The van der Waals surface area contributed by atoms with E-state index in [4.69, 9.17) is 5.73 Å². The van der Waals surface area contributed by atoms with Gasteiger partial charge in [0.15, 0.2) is 0 Å². The van der Waals surface area contributed by atoms with Crippen LogP contribution in [0, 0.1) is 0 Å². The molecule has 0 amide bonds. The fraction of sp³-hybridized carbons (Fsp3) is 0.111. The normalized spacial score (nSPS) is 10.2. The van der Waals surface area contributed by atoms with E-state index in [1.807, 2.05) is 23.6 Å². The van der Waals surface area contributed by atoms with Crippen molar-refractivity contribution in [2.75, 3.05) is 0 Å². The third kappa shape index (κ3) is 1.74. The van der Waals surface area contributed by atoms with Crippen LogP contribution in [0.15, 0.2) is 29.8 Å². The monoisotopic (exact) mass is 191 g/mol. The SMILES string of the molecule is NCc1csc(-c2ccccn2)n1. The first kappa shape index (κ1) is 8.34. The third-order valence-electron chi connectivity index (χ3n) is 1.64. The van der Waals surface area contributed by atoms with Gasteiger partial charge in [-0.1, -0.05) is 6.07 Å². The molecule has 0 aliphatic rings. The second kappa shape index (κ2) is 3.64. The minimum atomic E-state index is 0.489. The first-order chi connectivity index (χ1) is 6.40. The van der Waals surface area contributed by atoms with Gasteiger partial charge in [-0.05, 0) is 12.1 Å². The number of nitrogens with two attached hydrogens (primary N) is 1. The number of aromatic nitrogens is 2. The van der Waals surface area contributed by atoms with Gasteiger partial charge in [-0.3, -0.25) is 4.98 Å². The second-order valence-corrected chi connectivity index (χ2v) is 3.42. The van der Waals surface area contributed by atoms with Crippen LogP contribution < -0.4 is 5.73 Å². The summed E-state index contributed by atoms with van der Waals surface area (Å²) in [6.45, 7) is 0.489. The maximum atomic E-state index is 5.46. The van der Waals surface area contributed by atoms with Crippen LogP contribution in [0.3, 0.4) is 0 Å². The summed E-state index contributed by atoms with van der Waals surface area (Å²) in [5, 5.41) is 2.89. The van der Waals surface area contributed by atoms with Crippen LogP contribution in [0.25, 0.3) is 10.7 Å². The highest BCUT2D eigenvalue weighted by molar-refractivity contribution is 7.13. The lowest BCUT2D eigenvalue weighted by Gasteiger charge is -1.92. The molecule has 3 nitrogen and oxygen atoms in total. The third-order valence-corrected chi connectivity index (χ3v) is 2.56. The Bertz CT molecular complexity index is 383. The Morgan fingerprint density at radius 2 is 2.31 bits per heavy atom. The molecule has 2 rings (SSSR count). The maximum Gasteiger partial charge on any atom is 0.142 e. The van der Waals surface area contributed by atoms with E-state index in [2.05, 4.69) is 9.97 Å². The lowest BCUT2D eigenvalue weighted by Crippen LogP contribution is -1.95.